The third-order valence-corrected chi connectivity index (χ3v) is 21.0. The SMILES string of the molecule is CCOC(COP(N(C(C)C)C(C)C)N(C(C)C)C(C)C)OCCSC(=O)CCN1C(C)(C)CCC(CC(C)N(C(C)C)P(OCC(OCC)OCCSC(=O)/C(C)=C(\C)N)N(C(C)C)C(C)C)C1(C)C. The second-order valence-electron chi connectivity index (χ2n) is 22.1. The Morgan fingerprint density at radius 2 is 1.03 bits per heavy atom. The Bertz CT molecular complexity index is 1500. The summed E-state index contributed by atoms with van der Waals surface area (Å²) in [6.07, 6.45) is 2.54. The van der Waals surface area contributed by atoms with Crippen LogP contribution in [0.15, 0.2) is 11.3 Å². The van der Waals surface area contributed by atoms with Gasteiger partial charge in [-0.2, -0.15) is 0 Å². The molecule has 0 aromatic rings. The molecule has 0 aliphatic carbocycles. The monoisotopic (exact) mass is 1080 g/mol. The molecule has 71 heavy (non-hydrogen) atoms. The Hall–Kier alpha value is -0.000000000000000187. The van der Waals surface area contributed by atoms with Crippen LogP contribution in [0.25, 0.3) is 0 Å². The number of carbonyl (C=O) groups excluding carboxylic acids is 2. The van der Waals surface area contributed by atoms with Crippen LogP contribution >= 0.6 is 40.4 Å². The molecule has 1 saturated heterocycles. The van der Waals surface area contributed by atoms with Gasteiger partial charge in [0, 0.05) is 108 Å². The summed E-state index contributed by atoms with van der Waals surface area (Å²) < 4.78 is 48.4. The van der Waals surface area contributed by atoms with Crippen molar-refractivity contribution in [1.29, 1.82) is 0 Å². The van der Waals surface area contributed by atoms with Gasteiger partial charge in [0.2, 0.25) is 5.12 Å². The van der Waals surface area contributed by atoms with Crippen molar-refractivity contribution >= 4 is 50.7 Å². The van der Waals surface area contributed by atoms with E-state index in [0.717, 1.165) is 19.3 Å². The Balaban J connectivity index is 3.14. The van der Waals surface area contributed by atoms with Crippen LogP contribution in [0, 0.1) is 5.92 Å². The highest BCUT2D eigenvalue weighted by molar-refractivity contribution is 8.14. The van der Waals surface area contributed by atoms with E-state index in [1.54, 1.807) is 13.8 Å². The van der Waals surface area contributed by atoms with E-state index < -0.39 is 29.5 Å². The molecule has 2 N–H and O–H groups in total. The number of hydrogen-bond donors (Lipinski definition) is 1. The highest BCUT2D eigenvalue weighted by Crippen LogP contribution is 2.54. The molecule has 0 saturated carbocycles. The molecule has 0 radical (unpaired) electrons. The van der Waals surface area contributed by atoms with Gasteiger partial charge in [-0.1, -0.05) is 23.5 Å². The molecule has 18 heteroatoms. The quantitative estimate of drug-likeness (QED) is 0.0276. The number of allylic oxidation sites excluding steroid dienone is 1. The van der Waals surface area contributed by atoms with Crippen LogP contribution in [-0.2, 0) is 37.6 Å². The van der Waals surface area contributed by atoms with Crippen LogP contribution in [0.1, 0.15) is 185 Å². The van der Waals surface area contributed by atoms with E-state index in [1.807, 2.05) is 13.8 Å². The molecule has 0 spiro atoms. The normalized spacial score (nSPS) is 19.1. The van der Waals surface area contributed by atoms with Crippen LogP contribution in [0.4, 0.5) is 0 Å². The molecule has 5 unspecified atom stereocenters. The fraction of sp³-hybridized carbons (Fsp3) is 0.925. The molecule has 1 rings (SSSR count). The lowest BCUT2D eigenvalue weighted by molar-refractivity contribution is -0.152. The molecule has 0 aromatic carbocycles. The number of piperidine rings is 1. The van der Waals surface area contributed by atoms with Gasteiger partial charge in [-0.3, -0.25) is 14.5 Å². The first-order valence-corrected chi connectivity index (χ1v) is 31.3. The highest BCUT2D eigenvalue weighted by atomic mass is 32.2. The Kier molecular flexibility index (Phi) is 33.1. The van der Waals surface area contributed by atoms with E-state index in [0.29, 0.717) is 98.9 Å². The zero-order valence-electron chi connectivity index (χ0n) is 49.3. The van der Waals surface area contributed by atoms with E-state index in [4.69, 9.17) is 33.7 Å². The van der Waals surface area contributed by atoms with Crippen molar-refractivity contribution in [3.05, 3.63) is 11.3 Å². The van der Waals surface area contributed by atoms with Gasteiger partial charge in [-0.25, -0.2) is 18.7 Å². The number of hydrogen-bond acceptors (Lipinski definition) is 16. The molecule has 420 valence electrons. The van der Waals surface area contributed by atoms with Gasteiger partial charge in [-0.05, 0) is 184 Å². The minimum Gasteiger partial charge on any atom is -0.402 e. The van der Waals surface area contributed by atoms with Gasteiger partial charge in [0.1, 0.15) is 13.2 Å². The molecule has 0 bridgehead atoms. The largest absolute Gasteiger partial charge is 0.402 e. The van der Waals surface area contributed by atoms with Crippen molar-refractivity contribution < 1.29 is 37.6 Å². The summed E-state index contributed by atoms with van der Waals surface area (Å²) >= 11 is 2.57. The average molecular weight is 1080 g/mol. The third-order valence-electron chi connectivity index (χ3n) is 13.2. The van der Waals surface area contributed by atoms with Crippen molar-refractivity contribution in [2.24, 2.45) is 11.7 Å². The maximum Gasteiger partial charge on any atom is 0.216 e. The summed E-state index contributed by atoms with van der Waals surface area (Å²) in [7, 11) is -2.30. The summed E-state index contributed by atoms with van der Waals surface area (Å²) in [5.41, 5.74) is 6.76. The van der Waals surface area contributed by atoms with Crippen molar-refractivity contribution in [3.8, 4) is 0 Å². The third kappa shape index (κ3) is 22.9. The maximum atomic E-state index is 13.6. The number of nitrogens with zero attached hydrogens (tertiary/aromatic N) is 5. The topological polar surface area (TPSA) is 132 Å². The van der Waals surface area contributed by atoms with Crippen LogP contribution in [0.3, 0.4) is 0 Å². The van der Waals surface area contributed by atoms with E-state index in [-0.39, 0.29) is 52.1 Å². The average Bonchev–Trinajstić information content (AvgIpc) is 3.23. The molecule has 0 amide bonds. The van der Waals surface area contributed by atoms with Gasteiger partial charge < -0.3 is 33.7 Å². The van der Waals surface area contributed by atoms with Crippen molar-refractivity contribution in [3.63, 3.8) is 0 Å². The molecule has 1 aliphatic heterocycles. The molecule has 1 fully saturated rings. The fourth-order valence-corrected chi connectivity index (χ4v) is 16.1. The lowest BCUT2D eigenvalue weighted by atomic mass is 9.70. The summed E-state index contributed by atoms with van der Waals surface area (Å²) in [5.74, 6) is 1.45. The predicted molar refractivity (Wildman–Crippen MR) is 306 cm³/mol. The molecule has 14 nitrogen and oxygen atoms in total. The number of nitrogens with two attached hydrogens (primary N) is 1. The minimum absolute atomic E-state index is 0.0381. The Morgan fingerprint density at radius 3 is 1.41 bits per heavy atom. The fourth-order valence-electron chi connectivity index (χ4n) is 10.00. The van der Waals surface area contributed by atoms with Crippen molar-refractivity contribution in [2.75, 3.05) is 57.7 Å². The molecule has 1 aliphatic rings. The number of thioether (sulfide) groups is 2. The van der Waals surface area contributed by atoms with Gasteiger partial charge in [-0.15, -0.1) is 0 Å². The predicted octanol–water partition coefficient (Wildman–Crippen LogP) is 12.5. The first-order chi connectivity index (χ1) is 33.0. The van der Waals surface area contributed by atoms with Gasteiger partial charge in [0.25, 0.3) is 0 Å². The van der Waals surface area contributed by atoms with Crippen LogP contribution < -0.4 is 5.73 Å². The van der Waals surface area contributed by atoms with Crippen molar-refractivity contribution in [1.82, 2.24) is 23.6 Å². The molecular formula is C53H108N6O8P2S2. The van der Waals surface area contributed by atoms with Gasteiger partial charge in [0.05, 0.1) is 13.2 Å². The summed E-state index contributed by atoms with van der Waals surface area (Å²) in [6, 6.07) is 2.14. The van der Waals surface area contributed by atoms with E-state index in [1.165, 1.54) is 23.5 Å². The van der Waals surface area contributed by atoms with Crippen LogP contribution in [0.2, 0.25) is 0 Å². The smallest absolute Gasteiger partial charge is 0.216 e. The molecule has 1 heterocycles. The van der Waals surface area contributed by atoms with E-state index >= 15 is 0 Å². The standard InChI is InChI=1S/C53H108N6O8P2S2/c1-24-62-49(35-66-68(56(37(3)4)38(5)6)57(39(7)8)40(9)10)64-30-32-70-48(60)27-29-55-52(20,21)28-26-47(53(55,22)23)34-44(17)59(43(15)16)69(58(41(11)12)42(13)14)67-36-50(63-25-2)65-31-33-71-51(61)45(18)46(19)54/h37-44,47,49-50H,24-36,54H2,1-23H3/b46-45+. The number of carbonyl (C=O) groups is 2. The molecule has 5 atom stereocenters. The van der Waals surface area contributed by atoms with Crippen molar-refractivity contribution in [2.45, 2.75) is 257 Å². The second-order valence-corrected chi connectivity index (χ2v) is 27.7. The van der Waals surface area contributed by atoms with Gasteiger partial charge >= 0.3 is 0 Å². The van der Waals surface area contributed by atoms with Crippen LogP contribution in [-0.4, -0.2) is 163 Å². The van der Waals surface area contributed by atoms with Crippen LogP contribution in [0.5, 0.6) is 0 Å². The zero-order chi connectivity index (χ0) is 54.6. The number of likely N-dealkylation sites (tertiary alicyclic amines) is 1. The first kappa shape index (κ1) is 69.0. The summed E-state index contributed by atoms with van der Waals surface area (Å²) in [5, 5.41) is 0.146. The second kappa shape index (κ2) is 34.0. The van der Waals surface area contributed by atoms with E-state index in [9.17, 15) is 9.59 Å². The zero-order valence-corrected chi connectivity index (χ0v) is 52.8. The first-order valence-electron chi connectivity index (χ1n) is 27.0. The maximum absolute atomic E-state index is 13.6. The minimum atomic E-state index is -1.23. The Morgan fingerprint density at radius 1 is 0.634 bits per heavy atom. The van der Waals surface area contributed by atoms with E-state index in [2.05, 4.69) is 155 Å². The summed E-state index contributed by atoms with van der Waals surface area (Å²) in [4.78, 5) is 28.8. The highest BCUT2D eigenvalue weighted by Gasteiger charge is 2.48. The number of ether oxygens (including phenoxy) is 4. The molecule has 0 aromatic heterocycles. The summed E-state index contributed by atoms with van der Waals surface area (Å²) in [6.45, 7) is 53.7. The molecular weight excluding hydrogens is 975 g/mol. The lowest BCUT2D eigenvalue weighted by Crippen LogP contribution is -2.63. The Labute approximate surface area is 447 Å². The number of rotatable bonds is 36. The van der Waals surface area contributed by atoms with Gasteiger partial charge in [0.15, 0.2) is 34.6 Å². The lowest BCUT2D eigenvalue weighted by Gasteiger charge is -2.58.